The second kappa shape index (κ2) is 5.75. The van der Waals surface area contributed by atoms with E-state index in [0.717, 1.165) is 5.56 Å². The monoisotopic (exact) mass is 193 g/mol. The number of hydrogen-bond donors (Lipinski definition) is 1. The van der Waals surface area contributed by atoms with Crippen LogP contribution in [0.25, 0.3) is 0 Å². The number of ether oxygens (including phenoxy) is 1. The van der Waals surface area contributed by atoms with Gasteiger partial charge in [-0.2, -0.15) is 0 Å². The molecule has 0 aliphatic rings. The first-order valence-electron chi connectivity index (χ1n) is 4.19. The second-order valence-electron chi connectivity index (χ2n) is 2.66. The molecule has 0 aliphatic heterocycles. The van der Waals surface area contributed by atoms with Crippen LogP contribution in [-0.2, 0) is 14.3 Å². The van der Waals surface area contributed by atoms with Crippen LogP contribution in [0.2, 0.25) is 0 Å². The van der Waals surface area contributed by atoms with Gasteiger partial charge in [0.25, 0.3) is 6.47 Å². The average Bonchev–Trinajstić information content (AvgIpc) is 2.25. The summed E-state index contributed by atoms with van der Waals surface area (Å²) in [6, 6.07) is 9.23. The fourth-order valence-electron chi connectivity index (χ4n) is 1.13. The van der Waals surface area contributed by atoms with Crippen molar-refractivity contribution in [2.45, 2.75) is 6.10 Å². The third-order valence-corrected chi connectivity index (χ3v) is 1.78. The topological polar surface area (TPSA) is 55.4 Å². The van der Waals surface area contributed by atoms with E-state index in [1.54, 1.807) is 0 Å². The van der Waals surface area contributed by atoms with Crippen LogP contribution in [0, 0.1) is 0 Å². The standard InChI is InChI=1S/C10H11NO3/c12-7-11-6-10(14-8-13)9-4-2-1-3-5-9/h1-5,7-8,10H,6H2,(H,11,12)/t10-/m0/s1. The lowest BCUT2D eigenvalue weighted by Crippen LogP contribution is -2.21. The first kappa shape index (κ1) is 10.2. The Morgan fingerprint density at radius 1 is 1.29 bits per heavy atom. The predicted molar refractivity (Wildman–Crippen MR) is 50.4 cm³/mol. The van der Waals surface area contributed by atoms with Gasteiger partial charge < -0.3 is 10.1 Å². The molecule has 0 heterocycles. The summed E-state index contributed by atoms with van der Waals surface area (Å²) in [6.45, 7) is 0.663. The van der Waals surface area contributed by atoms with E-state index in [1.165, 1.54) is 0 Å². The number of benzene rings is 1. The van der Waals surface area contributed by atoms with Gasteiger partial charge >= 0.3 is 0 Å². The van der Waals surface area contributed by atoms with Gasteiger partial charge in [0.2, 0.25) is 6.41 Å². The van der Waals surface area contributed by atoms with Crippen LogP contribution in [0.1, 0.15) is 11.7 Å². The maximum Gasteiger partial charge on any atom is 0.293 e. The average molecular weight is 193 g/mol. The van der Waals surface area contributed by atoms with Gasteiger partial charge in [0, 0.05) is 0 Å². The van der Waals surface area contributed by atoms with Gasteiger partial charge in [0.05, 0.1) is 6.54 Å². The van der Waals surface area contributed by atoms with E-state index < -0.39 is 6.10 Å². The minimum atomic E-state index is -0.418. The van der Waals surface area contributed by atoms with Crippen molar-refractivity contribution in [2.75, 3.05) is 6.54 Å². The van der Waals surface area contributed by atoms with Crippen molar-refractivity contribution in [3.63, 3.8) is 0 Å². The number of rotatable bonds is 6. The van der Waals surface area contributed by atoms with Crippen molar-refractivity contribution >= 4 is 12.9 Å². The quantitative estimate of drug-likeness (QED) is 0.675. The summed E-state index contributed by atoms with van der Waals surface area (Å²) in [5.74, 6) is 0. The van der Waals surface area contributed by atoms with E-state index in [4.69, 9.17) is 4.74 Å². The molecule has 0 unspecified atom stereocenters. The molecule has 0 radical (unpaired) electrons. The molecule has 1 N–H and O–H groups in total. The largest absolute Gasteiger partial charge is 0.458 e. The van der Waals surface area contributed by atoms with Crippen LogP contribution < -0.4 is 5.32 Å². The highest BCUT2D eigenvalue weighted by Crippen LogP contribution is 2.14. The molecule has 4 nitrogen and oxygen atoms in total. The highest BCUT2D eigenvalue weighted by molar-refractivity contribution is 5.46. The summed E-state index contributed by atoms with van der Waals surface area (Å²) in [5.41, 5.74) is 0.856. The van der Waals surface area contributed by atoms with Crippen molar-refractivity contribution in [1.82, 2.24) is 5.32 Å². The van der Waals surface area contributed by atoms with Crippen molar-refractivity contribution in [3.8, 4) is 0 Å². The Morgan fingerprint density at radius 2 is 2.00 bits per heavy atom. The number of carbonyl (C=O) groups is 2. The second-order valence-corrected chi connectivity index (χ2v) is 2.66. The van der Waals surface area contributed by atoms with Crippen molar-refractivity contribution in [3.05, 3.63) is 35.9 Å². The fourth-order valence-corrected chi connectivity index (χ4v) is 1.13. The highest BCUT2D eigenvalue weighted by atomic mass is 16.5. The summed E-state index contributed by atoms with van der Waals surface area (Å²) in [4.78, 5) is 20.3. The van der Waals surface area contributed by atoms with E-state index in [0.29, 0.717) is 12.9 Å². The molecule has 0 fully saturated rings. The van der Waals surface area contributed by atoms with E-state index in [1.807, 2.05) is 30.3 Å². The molecule has 0 aliphatic carbocycles. The van der Waals surface area contributed by atoms with E-state index >= 15 is 0 Å². The summed E-state index contributed by atoms with van der Waals surface area (Å²) >= 11 is 0. The Kier molecular flexibility index (Phi) is 4.20. The molecular formula is C10H11NO3. The summed E-state index contributed by atoms with van der Waals surface area (Å²) in [7, 11) is 0. The third kappa shape index (κ3) is 2.90. The van der Waals surface area contributed by atoms with E-state index in [-0.39, 0.29) is 6.54 Å². The molecule has 74 valence electrons. The predicted octanol–water partition coefficient (Wildman–Crippen LogP) is 0.647. The Balaban J connectivity index is 2.66. The Morgan fingerprint density at radius 3 is 2.57 bits per heavy atom. The molecule has 0 bridgehead atoms. The lowest BCUT2D eigenvalue weighted by Gasteiger charge is -2.14. The minimum Gasteiger partial charge on any atom is -0.458 e. The van der Waals surface area contributed by atoms with Crippen LogP contribution in [0.15, 0.2) is 30.3 Å². The Hall–Kier alpha value is -1.84. The summed E-state index contributed by atoms with van der Waals surface area (Å²) in [5, 5.41) is 2.47. The lowest BCUT2D eigenvalue weighted by molar-refractivity contribution is -0.134. The number of hydrogen-bond acceptors (Lipinski definition) is 3. The molecule has 1 rings (SSSR count). The molecule has 4 heteroatoms. The van der Waals surface area contributed by atoms with Crippen LogP contribution in [0.5, 0.6) is 0 Å². The molecular weight excluding hydrogens is 182 g/mol. The highest BCUT2D eigenvalue weighted by Gasteiger charge is 2.10. The van der Waals surface area contributed by atoms with Crippen LogP contribution in [-0.4, -0.2) is 19.4 Å². The van der Waals surface area contributed by atoms with Crippen molar-refractivity contribution in [1.29, 1.82) is 0 Å². The maximum atomic E-state index is 10.2. The zero-order valence-corrected chi connectivity index (χ0v) is 7.55. The first-order valence-corrected chi connectivity index (χ1v) is 4.19. The Labute approximate surface area is 81.9 Å². The Bertz CT molecular complexity index is 287. The third-order valence-electron chi connectivity index (χ3n) is 1.78. The van der Waals surface area contributed by atoms with Crippen molar-refractivity contribution < 1.29 is 14.3 Å². The molecule has 1 aromatic rings. The molecule has 0 saturated carbocycles. The normalized spacial score (nSPS) is 11.4. The zero-order valence-electron chi connectivity index (χ0n) is 7.55. The van der Waals surface area contributed by atoms with Crippen molar-refractivity contribution in [2.24, 2.45) is 0 Å². The van der Waals surface area contributed by atoms with Crippen LogP contribution >= 0.6 is 0 Å². The maximum absolute atomic E-state index is 10.2. The molecule has 1 amide bonds. The molecule has 1 atom stereocenters. The first-order chi connectivity index (χ1) is 6.88. The van der Waals surface area contributed by atoms with Gasteiger partial charge in [0.1, 0.15) is 6.10 Å². The minimum absolute atomic E-state index is 0.284. The molecule has 0 saturated heterocycles. The fraction of sp³-hybridized carbons (Fsp3) is 0.200. The van der Waals surface area contributed by atoms with Gasteiger partial charge in [0.15, 0.2) is 0 Å². The van der Waals surface area contributed by atoms with Gasteiger partial charge in [-0.1, -0.05) is 30.3 Å². The summed E-state index contributed by atoms with van der Waals surface area (Å²) in [6.07, 6.45) is 0.156. The SMILES string of the molecule is O=CNC[C@H](OC=O)c1ccccc1. The lowest BCUT2D eigenvalue weighted by atomic mass is 10.1. The summed E-state index contributed by atoms with van der Waals surface area (Å²) < 4.78 is 4.83. The van der Waals surface area contributed by atoms with Gasteiger partial charge in [-0.15, -0.1) is 0 Å². The van der Waals surface area contributed by atoms with Gasteiger partial charge in [-0.3, -0.25) is 9.59 Å². The van der Waals surface area contributed by atoms with E-state index in [2.05, 4.69) is 5.32 Å². The zero-order chi connectivity index (χ0) is 10.2. The smallest absolute Gasteiger partial charge is 0.293 e. The number of carbonyl (C=O) groups excluding carboxylic acids is 2. The number of nitrogens with one attached hydrogen (secondary N) is 1. The molecule has 0 spiro atoms. The molecule has 0 aromatic heterocycles. The van der Waals surface area contributed by atoms with Gasteiger partial charge in [-0.05, 0) is 5.56 Å². The van der Waals surface area contributed by atoms with Crippen LogP contribution in [0.3, 0.4) is 0 Å². The van der Waals surface area contributed by atoms with Crippen LogP contribution in [0.4, 0.5) is 0 Å². The molecule has 14 heavy (non-hydrogen) atoms. The molecule has 1 aromatic carbocycles. The van der Waals surface area contributed by atoms with Gasteiger partial charge in [-0.25, -0.2) is 0 Å². The van der Waals surface area contributed by atoms with E-state index in [9.17, 15) is 9.59 Å². The number of amides is 1.